The summed E-state index contributed by atoms with van der Waals surface area (Å²) in [6.45, 7) is 3.27. The highest BCUT2D eigenvalue weighted by Crippen LogP contribution is 2.15. The van der Waals surface area contributed by atoms with Crippen molar-refractivity contribution in [1.82, 2.24) is 14.5 Å². The Morgan fingerprint density at radius 1 is 0.971 bits per heavy atom. The largest absolute Gasteiger partial charge is 0.354 e. The van der Waals surface area contributed by atoms with E-state index in [0.717, 1.165) is 27.3 Å². The van der Waals surface area contributed by atoms with Crippen molar-refractivity contribution < 1.29 is 18.4 Å². The summed E-state index contributed by atoms with van der Waals surface area (Å²) in [4.78, 5) is 50.4. The van der Waals surface area contributed by atoms with Crippen molar-refractivity contribution in [3.8, 4) is 0 Å². The van der Waals surface area contributed by atoms with Gasteiger partial charge >= 0.3 is 5.69 Å². The molecule has 2 aromatic carbocycles. The first kappa shape index (κ1) is 24.8. The van der Waals surface area contributed by atoms with Crippen LogP contribution in [-0.4, -0.2) is 27.0 Å². The molecule has 0 fully saturated rings. The Balaban J connectivity index is 1.84. The Labute approximate surface area is 194 Å². The van der Waals surface area contributed by atoms with Crippen LogP contribution in [0.2, 0.25) is 0 Å². The predicted octanol–water partition coefficient (Wildman–Crippen LogP) is 2.78. The van der Waals surface area contributed by atoms with Crippen molar-refractivity contribution in [1.29, 1.82) is 0 Å². The molecule has 1 heterocycles. The smallest absolute Gasteiger partial charge is 0.331 e. The second-order valence-corrected chi connectivity index (χ2v) is 8.19. The molecule has 0 radical (unpaired) electrons. The third-order valence-corrected chi connectivity index (χ3v) is 5.12. The maximum Gasteiger partial charge on any atom is 0.331 e. The maximum absolute atomic E-state index is 13.9. The first-order chi connectivity index (χ1) is 16.2. The van der Waals surface area contributed by atoms with Gasteiger partial charge in [0, 0.05) is 25.1 Å². The van der Waals surface area contributed by atoms with Gasteiger partial charge in [0.2, 0.25) is 11.8 Å². The lowest BCUT2D eigenvalue weighted by atomic mass is 10.2. The monoisotopic (exact) mass is 472 g/mol. The molecule has 34 heavy (non-hydrogen) atoms. The molecule has 0 aliphatic heterocycles. The van der Waals surface area contributed by atoms with E-state index >= 15 is 0 Å². The molecule has 10 heteroatoms. The highest BCUT2D eigenvalue weighted by atomic mass is 19.1. The number of carbonyl (C=O) groups excluding carboxylic acids is 2. The molecule has 0 saturated heterocycles. The summed E-state index contributed by atoms with van der Waals surface area (Å²) >= 11 is 0. The van der Waals surface area contributed by atoms with Crippen LogP contribution < -0.4 is 21.9 Å². The van der Waals surface area contributed by atoms with E-state index in [1.165, 1.54) is 6.07 Å². The zero-order valence-electron chi connectivity index (χ0n) is 18.9. The van der Waals surface area contributed by atoms with Crippen LogP contribution in [0.5, 0.6) is 0 Å². The summed E-state index contributed by atoms with van der Waals surface area (Å²) in [5.41, 5.74) is -1.31. The van der Waals surface area contributed by atoms with Gasteiger partial charge in [-0.2, -0.15) is 0 Å². The number of para-hydroxylation sites is 1. The number of anilines is 1. The minimum absolute atomic E-state index is 0.0230. The molecule has 3 aromatic rings. The third-order valence-electron chi connectivity index (χ3n) is 5.12. The lowest BCUT2D eigenvalue weighted by Crippen LogP contribution is -2.41. The topological polar surface area (TPSA) is 102 Å². The van der Waals surface area contributed by atoms with Gasteiger partial charge < -0.3 is 10.6 Å². The van der Waals surface area contributed by atoms with E-state index in [2.05, 4.69) is 10.6 Å². The number of aromatic nitrogens is 2. The summed E-state index contributed by atoms with van der Waals surface area (Å²) in [6, 6.07) is 9.01. The van der Waals surface area contributed by atoms with Crippen LogP contribution in [0.15, 0.2) is 52.1 Å². The average molecular weight is 472 g/mol. The number of hydrogen-bond acceptors (Lipinski definition) is 4. The average Bonchev–Trinajstić information content (AvgIpc) is 2.78. The van der Waals surface area contributed by atoms with Crippen molar-refractivity contribution in [2.45, 2.75) is 52.2 Å². The van der Waals surface area contributed by atoms with Crippen molar-refractivity contribution in [3.63, 3.8) is 0 Å². The van der Waals surface area contributed by atoms with Crippen LogP contribution in [0.3, 0.4) is 0 Å². The number of benzene rings is 2. The van der Waals surface area contributed by atoms with Gasteiger partial charge in [0.15, 0.2) is 0 Å². The summed E-state index contributed by atoms with van der Waals surface area (Å²) < 4.78 is 29.5. The predicted molar refractivity (Wildman–Crippen MR) is 125 cm³/mol. The molecule has 180 valence electrons. The number of halogens is 2. The van der Waals surface area contributed by atoms with Gasteiger partial charge in [-0.3, -0.25) is 23.5 Å². The van der Waals surface area contributed by atoms with Gasteiger partial charge in [-0.1, -0.05) is 12.1 Å². The Bertz CT molecular complexity index is 1330. The van der Waals surface area contributed by atoms with Gasteiger partial charge in [-0.25, -0.2) is 13.6 Å². The van der Waals surface area contributed by atoms with Gasteiger partial charge in [-0.15, -0.1) is 0 Å². The standard InChI is InChI=1S/C24H26F2N4O4/c1-15(2)27-21(31)9-5-6-12-29-23(33)17-7-3-4-8-20(17)30(24(29)34)14-22(32)28-19-13-16(25)10-11-18(19)26/h3-4,7-8,10-11,13,15H,5-6,9,12,14H2,1-2H3,(H,27,31)(H,28,32). The van der Waals surface area contributed by atoms with Crippen LogP contribution in [0.25, 0.3) is 10.9 Å². The van der Waals surface area contributed by atoms with E-state index in [1.807, 2.05) is 13.8 Å². The van der Waals surface area contributed by atoms with Crippen molar-refractivity contribution in [3.05, 3.63) is 74.9 Å². The first-order valence-corrected chi connectivity index (χ1v) is 10.9. The van der Waals surface area contributed by atoms with E-state index in [-0.39, 0.29) is 41.5 Å². The van der Waals surface area contributed by atoms with Crippen LogP contribution in [-0.2, 0) is 22.7 Å². The van der Waals surface area contributed by atoms with Crippen molar-refractivity contribution >= 4 is 28.4 Å². The number of unbranched alkanes of at least 4 members (excludes halogenated alkanes) is 1. The lowest BCUT2D eigenvalue weighted by molar-refractivity contribution is -0.121. The van der Waals surface area contributed by atoms with Crippen LogP contribution in [0.1, 0.15) is 33.1 Å². The normalized spacial score (nSPS) is 11.1. The molecule has 0 atom stereocenters. The molecule has 2 N–H and O–H groups in total. The molecular formula is C24H26F2N4O4. The quantitative estimate of drug-likeness (QED) is 0.468. The van der Waals surface area contributed by atoms with E-state index in [4.69, 9.17) is 0 Å². The van der Waals surface area contributed by atoms with Crippen LogP contribution in [0.4, 0.5) is 14.5 Å². The Hall–Kier alpha value is -3.82. The molecule has 0 aliphatic rings. The maximum atomic E-state index is 13.9. The van der Waals surface area contributed by atoms with Crippen LogP contribution in [0, 0.1) is 11.6 Å². The van der Waals surface area contributed by atoms with Gasteiger partial charge in [-0.05, 0) is 51.0 Å². The first-order valence-electron chi connectivity index (χ1n) is 10.9. The van der Waals surface area contributed by atoms with Crippen molar-refractivity contribution in [2.75, 3.05) is 5.32 Å². The number of nitrogens with zero attached hydrogens (tertiary/aromatic N) is 2. The second-order valence-electron chi connectivity index (χ2n) is 8.19. The van der Waals surface area contributed by atoms with Gasteiger partial charge in [0.1, 0.15) is 18.2 Å². The molecule has 0 aliphatic carbocycles. The number of amides is 2. The molecule has 0 unspecified atom stereocenters. The molecule has 2 amide bonds. The number of hydrogen-bond donors (Lipinski definition) is 2. The molecule has 0 bridgehead atoms. The summed E-state index contributed by atoms with van der Waals surface area (Å²) in [7, 11) is 0. The van der Waals surface area contributed by atoms with Crippen molar-refractivity contribution in [2.24, 2.45) is 0 Å². The fourth-order valence-corrected chi connectivity index (χ4v) is 3.60. The molecular weight excluding hydrogens is 446 g/mol. The van der Waals surface area contributed by atoms with Gasteiger partial charge in [0.05, 0.1) is 16.6 Å². The molecule has 8 nitrogen and oxygen atoms in total. The lowest BCUT2D eigenvalue weighted by Gasteiger charge is -2.14. The number of nitrogens with one attached hydrogen (secondary N) is 2. The molecule has 3 rings (SSSR count). The highest BCUT2D eigenvalue weighted by Gasteiger charge is 2.16. The van der Waals surface area contributed by atoms with E-state index in [9.17, 15) is 28.0 Å². The van der Waals surface area contributed by atoms with E-state index in [0.29, 0.717) is 12.8 Å². The summed E-state index contributed by atoms with van der Waals surface area (Å²) in [5.74, 6) is -2.42. The molecule has 1 aromatic heterocycles. The SMILES string of the molecule is CC(C)NC(=O)CCCCn1c(=O)c2ccccc2n(CC(=O)Nc2cc(F)ccc2F)c1=O. The van der Waals surface area contributed by atoms with E-state index < -0.39 is 35.3 Å². The number of carbonyl (C=O) groups is 2. The zero-order valence-corrected chi connectivity index (χ0v) is 18.9. The van der Waals surface area contributed by atoms with E-state index in [1.54, 1.807) is 18.2 Å². The Morgan fingerprint density at radius 2 is 1.71 bits per heavy atom. The molecule has 0 saturated carbocycles. The fourth-order valence-electron chi connectivity index (χ4n) is 3.60. The zero-order chi connectivity index (χ0) is 24.8. The number of rotatable bonds is 9. The summed E-state index contributed by atoms with van der Waals surface area (Å²) in [5, 5.41) is 5.28. The minimum Gasteiger partial charge on any atom is -0.354 e. The second kappa shape index (κ2) is 10.9. The summed E-state index contributed by atoms with van der Waals surface area (Å²) in [6.07, 6.45) is 1.13. The fraction of sp³-hybridized carbons (Fsp3) is 0.333. The number of fused-ring (bicyclic) bond motifs is 1. The molecule has 0 spiro atoms. The highest BCUT2D eigenvalue weighted by molar-refractivity contribution is 5.91. The Kier molecular flexibility index (Phi) is 7.93. The van der Waals surface area contributed by atoms with Gasteiger partial charge in [0.25, 0.3) is 5.56 Å². The Morgan fingerprint density at radius 3 is 2.44 bits per heavy atom. The third kappa shape index (κ3) is 5.94. The minimum atomic E-state index is -0.821. The van der Waals surface area contributed by atoms with Crippen LogP contribution >= 0.6 is 0 Å².